The minimum Gasteiger partial charge on any atom is -0.394 e. The molecule has 5 nitrogen and oxygen atoms in total. The number of aromatic amines is 1. The van der Waals surface area contributed by atoms with E-state index in [1.54, 1.807) is 12.1 Å². The molecule has 3 fully saturated rings. The van der Waals surface area contributed by atoms with Crippen molar-refractivity contribution in [3.63, 3.8) is 0 Å². The molecule has 3 aromatic rings. The Bertz CT molecular complexity index is 1260. The number of H-pyrrole nitrogens is 1. The molecular weight excluding hydrogens is 445 g/mol. The lowest BCUT2D eigenvalue weighted by Gasteiger charge is -2.45. The summed E-state index contributed by atoms with van der Waals surface area (Å²) in [7, 11) is 0. The number of nitrogens with one attached hydrogen (secondary N) is 1. The van der Waals surface area contributed by atoms with E-state index in [0.717, 1.165) is 24.5 Å². The molecular formula is C26H25F3N2O3. The molecule has 3 aliphatic rings. The van der Waals surface area contributed by atoms with Crippen LogP contribution in [0.5, 0.6) is 0 Å². The summed E-state index contributed by atoms with van der Waals surface area (Å²) in [5.74, 6) is -1.92. The maximum Gasteiger partial charge on any atom is 0.226 e. The SMILES string of the molecule is O=C([C@H]1C[C@H](c2c(-c3ccc(F)cc3)[nH]c3c(F)cc(F)cc32)C1)N1C[C@@H](CO)OCC12CC2. The highest BCUT2D eigenvalue weighted by molar-refractivity contribution is 5.92. The van der Waals surface area contributed by atoms with Crippen LogP contribution in [0.2, 0.25) is 0 Å². The van der Waals surface area contributed by atoms with E-state index in [0.29, 0.717) is 42.6 Å². The average Bonchev–Trinajstić information content (AvgIpc) is 3.46. The second-order valence-electron chi connectivity index (χ2n) is 9.88. The van der Waals surface area contributed by atoms with Crippen LogP contribution in [0, 0.1) is 23.4 Å². The van der Waals surface area contributed by atoms with Gasteiger partial charge in [0, 0.05) is 23.9 Å². The number of aliphatic hydroxyl groups is 1. The summed E-state index contributed by atoms with van der Waals surface area (Å²) in [6.45, 7) is 0.720. The molecule has 2 aliphatic carbocycles. The number of morpholine rings is 1. The monoisotopic (exact) mass is 470 g/mol. The van der Waals surface area contributed by atoms with Gasteiger partial charge in [-0.15, -0.1) is 0 Å². The number of carbonyl (C=O) groups is 1. The predicted octanol–water partition coefficient (Wildman–Crippen LogP) is 4.50. The molecule has 1 amide bonds. The smallest absolute Gasteiger partial charge is 0.226 e. The molecule has 0 bridgehead atoms. The first kappa shape index (κ1) is 21.7. The molecule has 2 heterocycles. The topological polar surface area (TPSA) is 65.6 Å². The molecule has 6 rings (SSSR count). The number of ether oxygens (including phenoxy) is 1. The van der Waals surface area contributed by atoms with E-state index in [1.165, 1.54) is 18.2 Å². The van der Waals surface area contributed by atoms with Crippen LogP contribution in [0.1, 0.15) is 37.2 Å². The Morgan fingerprint density at radius 3 is 2.53 bits per heavy atom. The Morgan fingerprint density at radius 2 is 1.85 bits per heavy atom. The van der Waals surface area contributed by atoms with Gasteiger partial charge in [0.05, 0.1) is 36.1 Å². The molecule has 1 aliphatic heterocycles. The maximum absolute atomic E-state index is 14.6. The summed E-state index contributed by atoms with van der Waals surface area (Å²) >= 11 is 0. The number of amides is 1. The van der Waals surface area contributed by atoms with Crippen molar-refractivity contribution in [1.82, 2.24) is 9.88 Å². The molecule has 2 aromatic carbocycles. The zero-order valence-corrected chi connectivity index (χ0v) is 18.5. The number of carbonyl (C=O) groups excluding carboxylic acids is 1. The number of hydrogen-bond donors (Lipinski definition) is 2. The summed E-state index contributed by atoms with van der Waals surface area (Å²) in [5.41, 5.74) is 2.04. The van der Waals surface area contributed by atoms with Gasteiger partial charge >= 0.3 is 0 Å². The van der Waals surface area contributed by atoms with Gasteiger partial charge in [-0.3, -0.25) is 4.79 Å². The quantitative estimate of drug-likeness (QED) is 0.590. The molecule has 2 N–H and O–H groups in total. The first-order valence-corrected chi connectivity index (χ1v) is 11.7. The van der Waals surface area contributed by atoms with Gasteiger partial charge in [-0.25, -0.2) is 13.2 Å². The van der Waals surface area contributed by atoms with Gasteiger partial charge in [0.2, 0.25) is 5.91 Å². The molecule has 0 radical (unpaired) electrons. The van der Waals surface area contributed by atoms with Crippen LogP contribution in [0.3, 0.4) is 0 Å². The van der Waals surface area contributed by atoms with Crippen LogP contribution in [0.15, 0.2) is 36.4 Å². The van der Waals surface area contributed by atoms with Gasteiger partial charge in [-0.2, -0.15) is 0 Å². The molecule has 1 aromatic heterocycles. The van der Waals surface area contributed by atoms with E-state index >= 15 is 0 Å². The van der Waals surface area contributed by atoms with Crippen LogP contribution < -0.4 is 0 Å². The largest absolute Gasteiger partial charge is 0.394 e. The fourth-order valence-corrected chi connectivity index (χ4v) is 5.58. The normalized spacial score (nSPS) is 25.5. The molecule has 178 valence electrons. The van der Waals surface area contributed by atoms with E-state index in [1.807, 2.05) is 4.90 Å². The Morgan fingerprint density at radius 1 is 1.12 bits per heavy atom. The third kappa shape index (κ3) is 3.43. The van der Waals surface area contributed by atoms with Gasteiger partial charge in [-0.05, 0) is 73.1 Å². The van der Waals surface area contributed by atoms with Gasteiger partial charge in [-0.1, -0.05) is 0 Å². The highest BCUT2D eigenvalue weighted by Crippen LogP contribution is 2.51. The number of aliphatic hydroxyl groups excluding tert-OH is 1. The summed E-state index contributed by atoms with van der Waals surface area (Å²) in [5, 5.41) is 9.96. The van der Waals surface area contributed by atoms with Crippen LogP contribution in [-0.2, 0) is 9.53 Å². The number of aromatic nitrogens is 1. The maximum atomic E-state index is 14.6. The summed E-state index contributed by atoms with van der Waals surface area (Å²) in [6.07, 6.45) is 2.58. The van der Waals surface area contributed by atoms with Crippen molar-refractivity contribution in [3.05, 3.63) is 59.4 Å². The van der Waals surface area contributed by atoms with Gasteiger partial charge in [0.1, 0.15) is 17.5 Å². The first-order valence-electron chi connectivity index (χ1n) is 11.7. The zero-order valence-electron chi connectivity index (χ0n) is 18.5. The number of nitrogens with zero attached hydrogens (tertiary/aromatic N) is 1. The summed E-state index contributed by atoms with van der Waals surface area (Å²) < 4.78 is 47.9. The molecule has 34 heavy (non-hydrogen) atoms. The lowest BCUT2D eigenvalue weighted by molar-refractivity contribution is -0.157. The van der Waals surface area contributed by atoms with Crippen LogP contribution in [0.4, 0.5) is 13.2 Å². The third-order valence-corrected chi connectivity index (χ3v) is 7.74. The number of halogens is 3. The van der Waals surface area contributed by atoms with Crippen molar-refractivity contribution < 1.29 is 27.8 Å². The van der Waals surface area contributed by atoms with Crippen molar-refractivity contribution in [3.8, 4) is 11.3 Å². The first-order chi connectivity index (χ1) is 16.4. The molecule has 8 heteroatoms. The average molecular weight is 470 g/mol. The molecule has 1 saturated heterocycles. The lowest BCUT2D eigenvalue weighted by Crippen LogP contribution is -2.57. The summed E-state index contributed by atoms with van der Waals surface area (Å²) in [6, 6.07) is 8.05. The highest BCUT2D eigenvalue weighted by atomic mass is 19.1. The van der Waals surface area contributed by atoms with Gasteiger partial charge < -0.3 is 19.7 Å². The molecule has 2 saturated carbocycles. The number of benzene rings is 2. The Hall–Kier alpha value is -2.84. The van der Waals surface area contributed by atoms with Gasteiger partial charge in [0.25, 0.3) is 0 Å². The van der Waals surface area contributed by atoms with Crippen LogP contribution in [0.25, 0.3) is 22.2 Å². The van der Waals surface area contributed by atoms with Crippen molar-refractivity contribution >= 4 is 16.8 Å². The second-order valence-corrected chi connectivity index (χ2v) is 9.88. The van der Waals surface area contributed by atoms with Crippen molar-refractivity contribution in [2.45, 2.75) is 43.2 Å². The van der Waals surface area contributed by atoms with E-state index < -0.39 is 11.6 Å². The predicted molar refractivity (Wildman–Crippen MR) is 120 cm³/mol. The zero-order chi connectivity index (χ0) is 23.6. The Balaban J connectivity index is 1.31. The highest BCUT2D eigenvalue weighted by Gasteiger charge is 2.55. The lowest BCUT2D eigenvalue weighted by atomic mass is 9.69. The molecule has 0 unspecified atom stereocenters. The minimum atomic E-state index is -0.685. The van der Waals surface area contributed by atoms with Crippen molar-refractivity contribution in [2.75, 3.05) is 19.8 Å². The molecule has 1 spiro atoms. The fraction of sp³-hybridized carbons (Fsp3) is 0.423. The number of rotatable bonds is 4. The second kappa shape index (κ2) is 7.85. The summed E-state index contributed by atoms with van der Waals surface area (Å²) in [4.78, 5) is 18.4. The fourth-order valence-electron chi connectivity index (χ4n) is 5.58. The van der Waals surface area contributed by atoms with E-state index in [9.17, 15) is 23.1 Å². The van der Waals surface area contributed by atoms with Crippen LogP contribution in [-0.4, -0.2) is 52.3 Å². The van der Waals surface area contributed by atoms with E-state index in [4.69, 9.17) is 4.74 Å². The Labute approximate surface area is 194 Å². The van der Waals surface area contributed by atoms with E-state index in [2.05, 4.69) is 4.98 Å². The van der Waals surface area contributed by atoms with Crippen LogP contribution >= 0.6 is 0 Å². The minimum absolute atomic E-state index is 0.0613. The van der Waals surface area contributed by atoms with Crippen molar-refractivity contribution in [1.29, 1.82) is 0 Å². The number of hydrogen-bond acceptors (Lipinski definition) is 3. The van der Waals surface area contributed by atoms with Gasteiger partial charge in [0.15, 0.2) is 0 Å². The Kier molecular flexibility index (Phi) is 5.00. The molecule has 1 atom stereocenters. The number of fused-ring (bicyclic) bond motifs is 1. The van der Waals surface area contributed by atoms with Crippen molar-refractivity contribution in [2.24, 2.45) is 5.92 Å². The van der Waals surface area contributed by atoms with E-state index in [-0.39, 0.29) is 47.3 Å². The standard InChI is InChI=1S/C26H25F3N2O3/c27-17-3-1-14(2-4-17)23-22(20-9-18(28)10-21(29)24(20)30-23)15-7-16(8-15)25(33)31-11-19(12-32)34-13-26(31)5-6-26/h1-4,9-10,15-16,19,30,32H,5-8,11-13H2/t15-,16-,19-/m0/s1. The third-order valence-electron chi connectivity index (χ3n) is 7.74.